The maximum atomic E-state index is 12.1. The van der Waals surface area contributed by atoms with Crippen LogP contribution in [0.1, 0.15) is 25.7 Å². The van der Waals surface area contributed by atoms with E-state index in [4.69, 9.17) is 10.5 Å². The van der Waals surface area contributed by atoms with Crippen LogP contribution in [0.3, 0.4) is 0 Å². The number of nitrogens with two attached hydrogens (primary N) is 1. The van der Waals surface area contributed by atoms with Gasteiger partial charge in [-0.25, -0.2) is 8.42 Å². The van der Waals surface area contributed by atoms with Crippen LogP contribution >= 0.6 is 0 Å². The molecule has 0 aliphatic carbocycles. The van der Waals surface area contributed by atoms with Crippen LogP contribution in [0.4, 0.5) is 5.69 Å². The van der Waals surface area contributed by atoms with Gasteiger partial charge in [-0.3, -0.25) is 0 Å². The summed E-state index contributed by atoms with van der Waals surface area (Å²) in [5.74, 6) is 0.163. The maximum absolute atomic E-state index is 12.1. The Morgan fingerprint density at radius 1 is 1.39 bits per heavy atom. The van der Waals surface area contributed by atoms with E-state index in [0.29, 0.717) is 17.0 Å². The topological polar surface area (TPSA) is 69.4 Å². The van der Waals surface area contributed by atoms with Crippen molar-refractivity contribution >= 4 is 15.5 Å². The van der Waals surface area contributed by atoms with Crippen LogP contribution < -0.4 is 5.73 Å². The number of rotatable bonds is 5. The predicted molar refractivity (Wildman–Crippen MR) is 71.1 cm³/mol. The van der Waals surface area contributed by atoms with E-state index in [1.807, 2.05) is 0 Å². The molecule has 1 heterocycles. The average Bonchev–Trinajstić information content (AvgIpc) is 2.82. The van der Waals surface area contributed by atoms with Gasteiger partial charge in [0, 0.05) is 12.3 Å². The van der Waals surface area contributed by atoms with Crippen LogP contribution in [0.25, 0.3) is 0 Å². The zero-order chi connectivity index (χ0) is 13.0. The lowest BCUT2D eigenvalue weighted by Crippen LogP contribution is -2.11. The van der Waals surface area contributed by atoms with E-state index < -0.39 is 9.84 Å². The summed E-state index contributed by atoms with van der Waals surface area (Å²) in [5, 5.41) is 0. The van der Waals surface area contributed by atoms with Crippen molar-refractivity contribution in [2.75, 3.05) is 18.1 Å². The summed E-state index contributed by atoms with van der Waals surface area (Å²) in [6, 6.07) is 6.47. The molecule has 1 aliphatic rings. The second-order valence-corrected chi connectivity index (χ2v) is 6.78. The first-order valence-corrected chi connectivity index (χ1v) is 7.93. The Morgan fingerprint density at radius 2 is 2.22 bits per heavy atom. The first-order chi connectivity index (χ1) is 8.58. The Balaban J connectivity index is 1.90. The Labute approximate surface area is 108 Å². The van der Waals surface area contributed by atoms with Gasteiger partial charge < -0.3 is 10.5 Å². The number of sulfone groups is 1. The zero-order valence-electron chi connectivity index (χ0n) is 10.3. The summed E-state index contributed by atoms with van der Waals surface area (Å²) in [6.07, 6.45) is 3.86. The Kier molecular flexibility index (Phi) is 4.24. The molecule has 100 valence electrons. The molecule has 0 aromatic heterocycles. The quantitative estimate of drug-likeness (QED) is 0.830. The van der Waals surface area contributed by atoms with Crippen LogP contribution in [0, 0.1) is 0 Å². The maximum Gasteiger partial charge on any atom is 0.178 e. The number of hydrogen-bond acceptors (Lipinski definition) is 4. The third-order valence-corrected chi connectivity index (χ3v) is 4.98. The molecular weight excluding hydrogens is 250 g/mol. The molecule has 0 spiro atoms. The van der Waals surface area contributed by atoms with Crippen molar-refractivity contribution in [2.45, 2.75) is 36.7 Å². The van der Waals surface area contributed by atoms with E-state index in [-0.39, 0.29) is 11.9 Å². The second-order valence-electron chi connectivity index (χ2n) is 4.67. The number of hydrogen-bond donors (Lipinski definition) is 1. The monoisotopic (exact) mass is 269 g/mol. The van der Waals surface area contributed by atoms with Gasteiger partial charge in [-0.1, -0.05) is 6.07 Å². The minimum absolute atomic E-state index is 0.163. The molecule has 5 heteroatoms. The molecule has 4 nitrogen and oxygen atoms in total. The van der Waals surface area contributed by atoms with Crippen molar-refractivity contribution in [3.05, 3.63) is 24.3 Å². The summed E-state index contributed by atoms with van der Waals surface area (Å²) in [7, 11) is -3.21. The van der Waals surface area contributed by atoms with E-state index in [1.54, 1.807) is 18.2 Å². The third kappa shape index (κ3) is 3.46. The largest absolute Gasteiger partial charge is 0.399 e. The van der Waals surface area contributed by atoms with Gasteiger partial charge in [0.15, 0.2) is 9.84 Å². The lowest BCUT2D eigenvalue weighted by Gasteiger charge is -2.09. The predicted octanol–water partition coefficient (Wildman–Crippen LogP) is 2.00. The van der Waals surface area contributed by atoms with Gasteiger partial charge >= 0.3 is 0 Å². The molecule has 1 aromatic carbocycles. The van der Waals surface area contributed by atoms with E-state index in [2.05, 4.69) is 0 Å². The van der Waals surface area contributed by atoms with E-state index >= 15 is 0 Å². The molecule has 18 heavy (non-hydrogen) atoms. The second kappa shape index (κ2) is 5.71. The van der Waals surface area contributed by atoms with Gasteiger partial charge in [-0.15, -0.1) is 0 Å². The molecule has 0 amide bonds. The van der Waals surface area contributed by atoms with Crippen molar-refractivity contribution < 1.29 is 13.2 Å². The van der Waals surface area contributed by atoms with Crippen molar-refractivity contribution in [1.82, 2.24) is 0 Å². The third-order valence-electron chi connectivity index (χ3n) is 3.18. The van der Waals surface area contributed by atoms with Gasteiger partial charge in [0.1, 0.15) is 0 Å². The van der Waals surface area contributed by atoms with E-state index in [9.17, 15) is 8.42 Å². The minimum atomic E-state index is -3.21. The highest BCUT2D eigenvalue weighted by molar-refractivity contribution is 7.91. The Hall–Kier alpha value is -1.07. The van der Waals surface area contributed by atoms with Crippen molar-refractivity contribution in [2.24, 2.45) is 0 Å². The summed E-state index contributed by atoms with van der Waals surface area (Å²) >= 11 is 0. The number of benzene rings is 1. The minimum Gasteiger partial charge on any atom is -0.399 e. The average molecular weight is 269 g/mol. The normalized spacial score (nSPS) is 20.1. The van der Waals surface area contributed by atoms with Crippen molar-refractivity contribution in [3.8, 4) is 0 Å². The molecule has 0 radical (unpaired) electrons. The standard InChI is InChI=1S/C13H19NO3S/c14-11-4-1-7-13(10-11)18(15,16)9-3-6-12-5-2-8-17-12/h1,4,7,10,12H,2-3,5-6,8-9,14H2. The number of anilines is 1. The molecule has 1 atom stereocenters. The van der Waals surface area contributed by atoms with Crippen LogP contribution in [0.2, 0.25) is 0 Å². The van der Waals surface area contributed by atoms with Crippen molar-refractivity contribution in [3.63, 3.8) is 0 Å². The molecule has 0 saturated carbocycles. The molecule has 1 aliphatic heterocycles. The molecule has 1 fully saturated rings. The summed E-state index contributed by atoms with van der Waals surface area (Å²) in [6.45, 7) is 0.812. The van der Waals surface area contributed by atoms with Crippen molar-refractivity contribution in [1.29, 1.82) is 0 Å². The molecule has 1 aromatic rings. The summed E-state index contributed by atoms with van der Waals surface area (Å²) < 4.78 is 29.6. The van der Waals surface area contributed by atoms with Crippen LogP contribution in [-0.2, 0) is 14.6 Å². The van der Waals surface area contributed by atoms with E-state index in [0.717, 1.165) is 25.9 Å². The van der Waals surface area contributed by atoms with Gasteiger partial charge in [-0.2, -0.15) is 0 Å². The van der Waals surface area contributed by atoms with Gasteiger partial charge in [0.2, 0.25) is 0 Å². The lowest BCUT2D eigenvalue weighted by atomic mass is 10.1. The number of nitrogen functional groups attached to an aromatic ring is 1. The molecule has 2 N–H and O–H groups in total. The first-order valence-electron chi connectivity index (χ1n) is 6.28. The van der Waals surface area contributed by atoms with Crippen LogP contribution in [0.5, 0.6) is 0 Å². The summed E-state index contributed by atoms with van der Waals surface area (Å²) in [4.78, 5) is 0.315. The van der Waals surface area contributed by atoms with Gasteiger partial charge in [0.25, 0.3) is 0 Å². The number of ether oxygens (including phenoxy) is 1. The summed E-state index contributed by atoms with van der Waals surface area (Å²) in [5.41, 5.74) is 6.08. The molecule has 0 bridgehead atoms. The van der Waals surface area contributed by atoms with E-state index in [1.165, 1.54) is 6.07 Å². The SMILES string of the molecule is Nc1cccc(S(=O)(=O)CCCC2CCCO2)c1. The van der Waals surface area contributed by atoms with Gasteiger partial charge in [-0.05, 0) is 43.9 Å². The highest BCUT2D eigenvalue weighted by atomic mass is 32.2. The van der Waals surface area contributed by atoms with Gasteiger partial charge in [0.05, 0.1) is 16.8 Å². The zero-order valence-corrected chi connectivity index (χ0v) is 11.2. The lowest BCUT2D eigenvalue weighted by molar-refractivity contribution is 0.104. The Morgan fingerprint density at radius 3 is 2.89 bits per heavy atom. The fraction of sp³-hybridized carbons (Fsp3) is 0.538. The van der Waals surface area contributed by atoms with Crippen LogP contribution in [-0.4, -0.2) is 26.9 Å². The van der Waals surface area contributed by atoms with Crippen LogP contribution in [0.15, 0.2) is 29.2 Å². The molecular formula is C13H19NO3S. The first kappa shape index (κ1) is 13.4. The molecule has 1 unspecified atom stereocenters. The fourth-order valence-electron chi connectivity index (χ4n) is 2.20. The smallest absolute Gasteiger partial charge is 0.178 e. The molecule has 2 rings (SSSR count). The fourth-order valence-corrected chi connectivity index (χ4v) is 3.58. The molecule has 1 saturated heterocycles. The Bertz CT molecular complexity index is 493. The highest BCUT2D eigenvalue weighted by Crippen LogP contribution is 2.20. The highest BCUT2D eigenvalue weighted by Gasteiger charge is 2.18.